The monoisotopic (exact) mass is 304 g/mol. The van der Waals surface area contributed by atoms with Crippen molar-refractivity contribution >= 4 is 11.3 Å². The van der Waals surface area contributed by atoms with Crippen molar-refractivity contribution in [2.45, 2.75) is 26.1 Å². The first-order valence-corrected chi connectivity index (χ1v) is 8.10. The Bertz CT molecular complexity index is 582. The molecule has 2 aromatic rings. The minimum atomic E-state index is 0.00348. The molecular formula is C16H20N2O2S. The van der Waals surface area contributed by atoms with E-state index < -0.39 is 0 Å². The van der Waals surface area contributed by atoms with Crippen LogP contribution in [0.25, 0.3) is 10.6 Å². The third kappa shape index (κ3) is 3.49. The molecule has 112 valence electrons. The van der Waals surface area contributed by atoms with E-state index in [1.54, 1.807) is 11.3 Å². The van der Waals surface area contributed by atoms with Gasteiger partial charge in [-0.15, -0.1) is 11.3 Å². The number of thiazole rings is 1. The lowest BCUT2D eigenvalue weighted by Gasteiger charge is -2.33. The minimum absolute atomic E-state index is 0.00348. The summed E-state index contributed by atoms with van der Waals surface area (Å²) in [5.74, 6) is 0. The number of nitrogens with zero attached hydrogens (tertiary/aromatic N) is 2. The zero-order valence-corrected chi connectivity index (χ0v) is 13.0. The molecule has 0 bridgehead atoms. The second kappa shape index (κ2) is 6.66. The molecule has 1 aromatic carbocycles. The summed E-state index contributed by atoms with van der Waals surface area (Å²) in [6, 6.07) is 9.03. The molecular weight excluding hydrogens is 284 g/mol. The van der Waals surface area contributed by atoms with Crippen LogP contribution in [0.1, 0.15) is 18.2 Å². The van der Waals surface area contributed by atoms with E-state index in [0.29, 0.717) is 6.04 Å². The van der Waals surface area contributed by atoms with Gasteiger partial charge in [-0.25, -0.2) is 4.98 Å². The molecule has 1 fully saturated rings. The highest BCUT2D eigenvalue weighted by Crippen LogP contribution is 2.24. The van der Waals surface area contributed by atoms with Gasteiger partial charge in [0.15, 0.2) is 0 Å². The number of benzene rings is 1. The number of rotatable bonds is 4. The summed E-state index contributed by atoms with van der Waals surface area (Å²) in [5, 5.41) is 11.9. The fourth-order valence-corrected chi connectivity index (χ4v) is 3.31. The van der Waals surface area contributed by atoms with E-state index in [1.165, 1.54) is 5.56 Å². The van der Waals surface area contributed by atoms with E-state index in [1.807, 2.05) is 5.38 Å². The summed E-state index contributed by atoms with van der Waals surface area (Å²) >= 11 is 1.57. The molecule has 1 N–H and O–H groups in total. The second-order valence-electron chi connectivity index (χ2n) is 5.39. The quantitative estimate of drug-likeness (QED) is 0.943. The predicted molar refractivity (Wildman–Crippen MR) is 84.2 cm³/mol. The van der Waals surface area contributed by atoms with Crippen molar-refractivity contribution in [2.75, 3.05) is 19.8 Å². The number of aliphatic hydroxyl groups excluding tert-OH is 1. The number of aliphatic hydroxyl groups is 1. The van der Waals surface area contributed by atoms with Crippen molar-refractivity contribution in [3.05, 3.63) is 40.9 Å². The van der Waals surface area contributed by atoms with Crippen LogP contribution < -0.4 is 0 Å². The van der Waals surface area contributed by atoms with Gasteiger partial charge in [0.25, 0.3) is 0 Å². The van der Waals surface area contributed by atoms with Crippen molar-refractivity contribution in [1.29, 1.82) is 0 Å². The Hall–Kier alpha value is -1.27. The SMILES string of the molecule is C[C@@H]1COCCN1Cc1ccc(-c2nc(CO)cs2)cc1. The Balaban J connectivity index is 1.68. The molecule has 5 heteroatoms. The average molecular weight is 304 g/mol. The van der Waals surface area contributed by atoms with Crippen molar-refractivity contribution in [3.63, 3.8) is 0 Å². The fourth-order valence-electron chi connectivity index (χ4n) is 2.50. The predicted octanol–water partition coefficient (Wildman–Crippen LogP) is 2.52. The molecule has 3 rings (SSSR count). The van der Waals surface area contributed by atoms with Gasteiger partial charge in [0, 0.05) is 30.1 Å². The summed E-state index contributed by atoms with van der Waals surface area (Å²) in [4.78, 5) is 6.85. The largest absolute Gasteiger partial charge is 0.390 e. The summed E-state index contributed by atoms with van der Waals surface area (Å²) in [7, 11) is 0. The third-order valence-corrected chi connectivity index (χ3v) is 4.75. The van der Waals surface area contributed by atoms with Gasteiger partial charge in [-0.05, 0) is 12.5 Å². The molecule has 0 aliphatic carbocycles. The van der Waals surface area contributed by atoms with Gasteiger partial charge >= 0.3 is 0 Å². The van der Waals surface area contributed by atoms with Crippen LogP contribution in [0, 0.1) is 0 Å². The van der Waals surface area contributed by atoms with Crippen molar-refractivity contribution < 1.29 is 9.84 Å². The molecule has 0 spiro atoms. The maximum atomic E-state index is 9.08. The van der Waals surface area contributed by atoms with Crippen LogP contribution in [0.4, 0.5) is 0 Å². The first kappa shape index (κ1) is 14.7. The molecule has 0 saturated carbocycles. The lowest BCUT2D eigenvalue weighted by molar-refractivity contribution is -0.00436. The van der Waals surface area contributed by atoms with Crippen LogP contribution in [0.3, 0.4) is 0 Å². The number of hydrogen-bond donors (Lipinski definition) is 1. The number of morpholine rings is 1. The van der Waals surface area contributed by atoms with Gasteiger partial charge in [0.05, 0.1) is 25.5 Å². The lowest BCUT2D eigenvalue weighted by atomic mass is 10.1. The van der Waals surface area contributed by atoms with Crippen LogP contribution >= 0.6 is 11.3 Å². The summed E-state index contributed by atoms with van der Waals surface area (Å²) in [5.41, 5.74) is 3.16. The van der Waals surface area contributed by atoms with Gasteiger partial charge in [-0.2, -0.15) is 0 Å². The topological polar surface area (TPSA) is 45.6 Å². The molecule has 1 aromatic heterocycles. The normalized spacial score (nSPS) is 19.8. The Kier molecular flexibility index (Phi) is 4.65. The second-order valence-corrected chi connectivity index (χ2v) is 6.25. The van der Waals surface area contributed by atoms with Gasteiger partial charge in [0.2, 0.25) is 0 Å². The molecule has 21 heavy (non-hydrogen) atoms. The Labute approximate surface area is 129 Å². The van der Waals surface area contributed by atoms with E-state index in [9.17, 15) is 0 Å². The first-order chi connectivity index (χ1) is 10.3. The molecule has 0 amide bonds. The molecule has 0 radical (unpaired) electrons. The molecule has 1 atom stereocenters. The van der Waals surface area contributed by atoms with E-state index in [4.69, 9.17) is 9.84 Å². The van der Waals surface area contributed by atoms with E-state index in [2.05, 4.69) is 41.1 Å². The smallest absolute Gasteiger partial charge is 0.123 e. The van der Waals surface area contributed by atoms with E-state index >= 15 is 0 Å². The number of hydrogen-bond acceptors (Lipinski definition) is 5. The molecule has 1 aliphatic rings. The maximum Gasteiger partial charge on any atom is 0.123 e. The van der Waals surface area contributed by atoms with Gasteiger partial charge < -0.3 is 9.84 Å². The highest BCUT2D eigenvalue weighted by Gasteiger charge is 2.18. The highest BCUT2D eigenvalue weighted by molar-refractivity contribution is 7.13. The van der Waals surface area contributed by atoms with Gasteiger partial charge in [-0.1, -0.05) is 24.3 Å². The number of aromatic nitrogens is 1. The van der Waals surface area contributed by atoms with Crippen LogP contribution in [-0.4, -0.2) is 40.8 Å². The Morgan fingerprint density at radius 2 is 2.19 bits per heavy atom. The summed E-state index contributed by atoms with van der Waals surface area (Å²) in [6.45, 7) is 5.81. The zero-order valence-electron chi connectivity index (χ0n) is 12.2. The molecule has 4 nitrogen and oxygen atoms in total. The van der Waals surface area contributed by atoms with Crippen LogP contribution in [-0.2, 0) is 17.9 Å². The highest BCUT2D eigenvalue weighted by atomic mass is 32.1. The van der Waals surface area contributed by atoms with Gasteiger partial charge in [-0.3, -0.25) is 4.90 Å². The average Bonchev–Trinajstić information content (AvgIpc) is 2.99. The van der Waals surface area contributed by atoms with E-state index in [-0.39, 0.29) is 6.61 Å². The van der Waals surface area contributed by atoms with Crippen LogP contribution in [0.5, 0.6) is 0 Å². The Morgan fingerprint density at radius 3 is 2.86 bits per heavy atom. The Morgan fingerprint density at radius 1 is 1.38 bits per heavy atom. The summed E-state index contributed by atoms with van der Waals surface area (Å²) < 4.78 is 5.47. The van der Waals surface area contributed by atoms with Crippen LogP contribution in [0.15, 0.2) is 29.6 Å². The number of ether oxygens (including phenoxy) is 1. The van der Waals surface area contributed by atoms with Crippen molar-refractivity contribution in [1.82, 2.24) is 9.88 Å². The van der Waals surface area contributed by atoms with Crippen molar-refractivity contribution in [3.8, 4) is 10.6 Å². The van der Waals surface area contributed by atoms with Gasteiger partial charge in [0.1, 0.15) is 5.01 Å². The minimum Gasteiger partial charge on any atom is -0.390 e. The molecule has 0 unspecified atom stereocenters. The van der Waals surface area contributed by atoms with Crippen molar-refractivity contribution in [2.24, 2.45) is 0 Å². The fraction of sp³-hybridized carbons (Fsp3) is 0.438. The van der Waals surface area contributed by atoms with Crippen LogP contribution in [0.2, 0.25) is 0 Å². The summed E-state index contributed by atoms with van der Waals surface area (Å²) in [6.07, 6.45) is 0. The standard InChI is InChI=1S/C16H20N2O2S/c1-12-10-20-7-6-18(12)8-13-2-4-14(5-3-13)16-17-15(9-19)11-21-16/h2-5,11-12,19H,6-10H2,1H3/t12-/m1/s1. The third-order valence-electron chi connectivity index (χ3n) is 3.81. The molecule has 1 saturated heterocycles. The van der Waals surface area contributed by atoms with E-state index in [0.717, 1.165) is 42.6 Å². The first-order valence-electron chi connectivity index (χ1n) is 7.22. The lowest BCUT2D eigenvalue weighted by Crippen LogP contribution is -2.42. The maximum absolute atomic E-state index is 9.08. The zero-order chi connectivity index (χ0) is 14.7. The molecule has 1 aliphatic heterocycles. The molecule has 2 heterocycles.